The Labute approximate surface area is 212 Å². The van der Waals surface area contributed by atoms with Crippen molar-refractivity contribution in [1.29, 1.82) is 0 Å². The van der Waals surface area contributed by atoms with Crippen LogP contribution in [0.1, 0.15) is 22.6 Å². The molecule has 0 spiro atoms. The van der Waals surface area contributed by atoms with Crippen molar-refractivity contribution in [2.45, 2.75) is 5.92 Å². The maximum Gasteiger partial charge on any atom is 0.228 e. The molecule has 0 radical (unpaired) electrons. The van der Waals surface area contributed by atoms with Crippen molar-refractivity contribution in [3.8, 4) is 34.6 Å². The van der Waals surface area contributed by atoms with Crippen molar-refractivity contribution in [2.75, 3.05) is 14.2 Å². The van der Waals surface area contributed by atoms with Crippen molar-refractivity contribution in [2.24, 2.45) is 0 Å². The molecule has 7 rings (SSSR count). The van der Waals surface area contributed by atoms with Gasteiger partial charge in [-0.1, -0.05) is 42.5 Å². The van der Waals surface area contributed by atoms with E-state index in [1.807, 2.05) is 54.6 Å². The normalized spacial score (nSPS) is 14.2. The Morgan fingerprint density at radius 3 is 2.54 bits per heavy atom. The van der Waals surface area contributed by atoms with Gasteiger partial charge in [0.25, 0.3) is 0 Å². The van der Waals surface area contributed by atoms with Gasteiger partial charge >= 0.3 is 0 Å². The van der Waals surface area contributed by atoms with Crippen LogP contribution >= 0.6 is 0 Å². The predicted molar refractivity (Wildman–Crippen MR) is 139 cm³/mol. The number of nitrogens with zero attached hydrogens (tertiary/aromatic N) is 5. The molecule has 0 aliphatic carbocycles. The van der Waals surface area contributed by atoms with Gasteiger partial charge in [-0.05, 0) is 46.7 Å². The van der Waals surface area contributed by atoms with Crippen LogP contribution in [0.4, 0.5) is 0 Å². The van der Waals surface area contributed by atoms with Crippen molar-refractivity contribution < 1.29 is 14.2 Å². The number of ether oxygens (including phenoxy) is 3. The quantitative estimate of drug-likeness (QED) is 0.318. The number of hydrogen-bond donors (Lipinski definition) is 0. The average Bonchev–Trinajstić information content (AvgIpc) is 3.41. The van der Waals surface area contributed by atoms with E-state index in [1.165, 1.54) is 0 Å². The van der Waals surface area contributed by atoms with E-state index in [1.54, 1.807) is 31.3 Å². The van der Waals surface area contributed by atoms with E-state index < -0.39 is 0 Å². The molecule has 1 aliphatic rings. The molecule has 0 N–H and O–H groups in total. The van der Waals surface area contributed by atoms with Crippen LogP contribution in [0, 0.1) is 0 Å². The van der Waals surface area contributed by atoms with E-state index in [0.717, 1.165) is 33.2 Å². The van der Waals surface area contributed by atoms with Crippen molar-refractivity contribution in [3.63, 3.8) is 0 Å². The lowest BCUT2D eigenvalue weighted by Gasteiger charge is -2.29. The summed E-state index contributed by atoms with van der Waals surface area (Å²) < 4.78 is 19.3. The average molecular weight is 488 g/mol. The van der Waals surface area contributed by atoms with Gasteiger partial charge in [0.15, 0.2) is 17.1 Å². The Hall–Kier alpha value is -4.98. The summed E-state index contributed by atoms with van der Waals surface area (Å²) in [5.74, 6) is 2.83. The highest BCUT2D eigenvalue weighted by molar-refractivity contribution is 5.91. The minimum Gasteiger partial charge on any atom is -0.493 e. The van der Waals surface area contributed by atoms with E-state index in [9.17, 15) is 0 Å². The lowest BCUT2D eigenvalue weighted by molar-refractivity contribution is 0.354. The standard InChI is InChI=1S/C29H21N5O3/c1-35-21-12-11-18(15-23(21)36-2)24-25-19-8-4-3-7-17(19)10-13-22(25)37-29-26(24)28-32-27(33-34(28)16-31-29)20-9-5-6-14-30-20/h3-16,24H,1-2H3/t24-/m1/s1. The van der Waals surface area contributed by atoms with E-state index in [2.05, 4.69) is 33.3 Å². The molecule has 3 aromatic heterocycles. The molecule has 8 heteroatoms. The third-order valence-electron chi connectivity index (χ3n) is 6.74. The fourth-order valence-electron chi connectivity index (χ4n) is 5.07. The summed E-state index contributed by atoms with van der Waals surface area (Å²) in [7, 11) is 3.27. The molecular formula is C29H21N5O3. The minimum absolute atomic E-state index is 0.248. The zero-order chi connectivity index (χ0) is 24.9. The van der Waals surface area contributed by atoms with Gasteiger partial charge in [0.1, 0.15) is 17.8 Å². The number of methoxy groups -OCH3 is 2. The number of hydrogen-bond acceptors (Lipinski definition) is 7. The second-order valence-corrected chi connectivity index (χ2v) is 8.73. The predicted octanol–water partition coefficient (Wildman–Crippen LogP) is 5.64. The van der Waals surface area contributed by atoms with Crippen LogP contribution in [-0.4, -0.2) is 38.8 Å². The summed E-state index contributed by atoms with van der Waals surface area (Å²) in [6.45, 7) is 0. The van der Waals surface area contributed by atoms with Crippen molar-refractivity contribution in [3.05, 3.63) is 102 Å². The third kappa shape index (κ3) is 3.30. The largest absolute Gasteiger partial charge is 0.493 e. The molecule has 0 saturated heterocycles. The van der Waals surface area contributed by atoms with E-state index in [0.29, 0.717) is 34.5 Å². The van der Waals surface area contributed by atoms with Gasteiger partial charge in [0.2, 0.25) is 11.7 Å². The second-order valence-electron chi connectivity index (χ2n) is 8.73. The number of fused-ring (bicyclic) bond motifs is 6. The van der Waals surface area contributed by atoms with Gasteiger partial charge < -0.3 is 14.2 Å². The first kappa shape index (κ1) is 21.3. The summed E-state index contributed by atoms with van der Waals surface area (Å²) >= 11 is 0. The van der Waals surface area contributed by atoms with Gasteiger partial charge in [0, 0.05) is 17.7 Å². The molecule has 180 valence electrons. The lowest BCUT2D eigenvalue weighted by atomic mass is 9.81. The Bertz CT molecular complexity index is 1800. The van der Waals surface area contributed by atoms with Crippen molar-refractivity contribution in [1.82, 2.24) is 24.6 Å². The van der Waals surface area contributed by atoms with E-state index in [-0.39, 0.29) is 5.92 Å². The van der Waals surface area contributed by atoms with E-state index in [4.69, 9.17) is 19.2 Å². The first-order valence-electron chi connectivity index (χ1n) is 11.8. The van der Waals surface area contributed by atoms with Crippen LogP contribution < -0.4 is 14.2 Å². The molecule has 0 amide bonds. The molecule has 4 heterocycles. The Morgan fingerprint density at radius 2 is 1.70 bits per heavy atom. The summed E-state index contributed by atoms with van der Waals surface area (Å²) in [5, 5.41) is 6.89. The summed E-state index contributed by atoms with van der Waals surface area (Å²) in [4.78, 5) is 14.0. The maximum atomic E-state index is 6.40. The number of pyridine rings is 1. The molecule has 0 unspecified atom stereocenters. The topological polar surface area (TPSA) is 83.7 Å². The van der Waals surface area contributed by atoms with Crippen LogP contribution in [0.2, 0.25) is 0 Å². The molecule has 8 nitrogen and oxygen atoms in total. The lowest BCUT2D eigenvalue weighted by Crippen LogP contribution is -2.15. The zero-order valence-corrected chi connectivity index (χ0v) is 20.1. The Balaban J connectivity index is 1.54. The zero-order valence-electron chi connectivity index (χ0n) is 20.1. The monoisotopic (exact) mass is 487 g/mol. The summed E-state index contributed by atoms with van der Waals surface area (Å²) in [5.41, 5.74) is 4.20. The van der Waals surface area contributed by atoms with Crippen LogP contribution in [0.15, 0.2) is 85.3 Å². The fourth-order valence-corrected chi connectivity index (χ4v) is 5.07. The van der Waals surface area contributed by atoms with Crippen LogP contribution in [0.25, 0.3) is 27.9 Å². The van der Waals surface area contributed by atoms with Crippen LogP contribution in [0.3, 0.4) is 0 Å². The minimum atomic E-state index is -0.248. The first-order chi connectivity index (χ1) is 18.2. The molecule has 1 aliphatic heterocycles. The van der Waals surface area contributed by atoms with Crippen LogP contribution in [0.5, 0.6) is 23.1 Å². The molecular weight excluding hydrogens is 466 g/mol. The summed E-state index contributed by atoms with van der Waals surface area (Å²) in [6, 6.07) is 24.0. The molecule has 6 aromatic rings. The smallest absolute Gasteiger partial charge is 0.228 e. The molecule has 37 heavy (non-hydrogen) atoms. The highest BCUT2D eigenvalue weighted by Gasteiger charge is 2.35. The number of aromatic nitrogens is 5. The first-order valence-corrected chi connectivity index (χ1v) is 11.8. The van der Waals surface area contributed by atoms with Crippen molar-refractivity contribution >= 4 is 16.4 Å². The summed E-state index contributed by atoms with van der Waals surface area (Å²) in [6.07, 6.45) is 3.36. The van der Waals surface area contributed by atoms with Gasteiger partial charge in [-0.25, -0.2) is 14.5 Å². The number of rotatable bonds is 4. The second kappa shape index (κ2) is 8.30. The van der Waals surface area contributed by atoms with Gasteiger partial charge in [-0.15, -0.1) is 5.10 Å². The molecule has 0 bridgehead atoms. The van der Waals surface area contributed by atoms with Gasteiger partial charge in [-0.3, -0.25) is 4.98 Å². The maximum absolute atomic E-state index is 6.40. The highest BCUT2D eigenvalue weighted by atomic mass is 16.5. The SMILES string of the molecule is COc1ccc([C@@H]2c3c(ccc4ccccc34)Oc3ncn4nc(-c5ccccn5)nc4c32)cc1OC. The third-order valence-corrected chi connectivity index (χ3v) is 6.74. The highest BCUT2D eigenvalue weighted by Crippen LogP contribution is 2.51. The van der Waals surface area contributed by atoms with Gasteiger partial charge in [0.05, 0.1) is 19.8 Å². The molecule has 3 aromatic carbocycles. The molecule has 0 fully saturated rings. The van der Waals surface area contributed by atoms with E-state index >= 15 is 0 Å². The molecule has 1 atom stereocenters. The van der Waals surface area contributed by atoms with Crippen LogP contribution in [-0.2, 0) is 0 Å². The Morgan fingerprint density at radius 1 is 0.838 bits per heavy atom. The fraction of sp³-hybridized carbons (Fsp3) is 0.103. The molecule has 0 saturated carbocycles. The Kier molecular flexibility index (Phi) is 4.78. The van der Waals surface area contributed by atoms with Gasteiger partial charge in [-0.2, -0.15) is 0 Å². The number of benzene rings is 3.